The number of carbonyl (C=O) groups excluding carboxylic acids is 1. The van der Waals surface area contributed by atoms with Gasteiger partial charge in [0, 0.05) is 18.7 Å². The number of anilines is 1. The van der Waals surface area contributed by atoms with Gasteiger partial charge in [0.1, 0.15) is 17.2 Å². The molecule has 0 fully saturated rings. The van der Waals surface area contributed by atoms with E-state index < -0.39 is 0 Å². The van der Waals surface area contributed by atoms with Crippen LogP contribution in [0.2, 0.25) is 0 Å². The number of thioether (sulfide) groups is 1. The molecule has 9 heteroatoms. The molecule has 1 N–H and O–H groups in total. The molecule has 3 aromatic heterocycles. The van der Waals surface area contributed by atoms with Crippen LogP contribution in [0.3, 0.4) is 0 Å². The zero-order valence-electron chi connectivity index (χ0n) is 18.1. The summed E-state index contributed by atoms with van der Waals surface area (Å²) in [5.41, 5.74) is 4.55. The topological polar surface area (TPSA) is 90.5 Å². The molecule has 33 heavy (non-hydrogen) atoms. The number of amides is 1. The minimum absolute atomic E-state index is 0.150. The number of fused-ring (bicyclic) bond motifs is 1. The summed E-state index contributed by atoms with van der Waals surface area (Å²) in [5.74, 6) is 0.653. The van der Waals surface area contributed by atoms with E-state index in [-0.39, 0.29) is 11.7 Å². The number of hydrogen-bond donors (Lipinski definition) is 1. The highest BCUT2D eigenvalue weighted by molar-refractivity contribution is 8.00. The fourth-order valence-electron chi connectivity index (χ4n) is 3.47. The largest absolute Gasteiger partial charge is 0.310 e. The first-order valence-electron chi connectivity index (χ1n) is 10.4. The zero-order chi connectivity index (χ0) is 22.8. The van der Waals surface area contributed by atoms with Crippen LogP contribution in [0.15, 0.2) is 78.2 Å². The zero-order valence-corrected chi connectivity index (χ0v) is 19.0. The van der Waals surface area contributed by atoms with Crippen LogP contribution in [0.25, 0.3) is 28.0 Å². The SMILES string of the molecule is Cc1ccc(-c2cc(NC(=O)CSc3ncnc4c3cnn4C)n(-c3ccccc3)n2)cc1. The van der Waals surface area contributed by atoms with Crippen molar-refractivity contribution >= 4 is 34.5 Å². The van der Waals surface area contributed by atoms with Crippen molar-refractivity contribution in [3.05, 3.63) is 78.8 Å². The molecule has 0 unspecified atom stereocenters. The van der Waals surface area contributed by atoms with Crippen LogP contribution in [0.4, 0.5) is 5.82 Å². The normalized spacial score (nSPS) is 11.1. The molecule has 5 aromatic rings. The second kappa shape index (κ2) is 8.87. The number of nitrogens with one attached hydrogen (secondary N) is 1. The molecule has 0 saturated heterocycles. The maximum atomic E-state index is 12.9. The molecule has 0 aliphatic rings. The number of benzene rings is 2. The molecule has 2 aromatic carbocycles. The van der Waals surface area contributed by atoms with Crippen molar-refractivity contribution in [1.82, 2.24) is 29.5 Å². The highest BCUT2D eigenvalue weighted by Gasteiger charge is 2.15. The molecule has 3 heterocycles. The number of aromatic nitrogens is 6. The third-order valence-corrected chi connectivity index (χ3v) is 6.16. The van der Waals surface area contributed by atoms with Crippen molar-refractivity contribution in [3.63, 3.8) is 0 Å². The van der Waals surface area contributed by atoms with E-state index in [1.807, 2.05) is 74.6 Å². The highest BCUT2D eigenvalue weighted by Crippen LogP contribution is 2.27. The van der Waals surface area contributed by atoms with E-state index in [4.69, 9.17) is 5.10 Å². The molecule has 0 spiro atoms. The second-order valence-corrected chi connectivity index (χ2v) is 8.51. The average molecular weight is 456 g/mol. The predicted octanol–water partition coefficient (Wildman–Crippen LogP) is 4.26. The van der Waals surface area contributed by atoms with Crippen LogP contribution in [-0.4, -0.2) is 41.2 Å². The minimum atomic E-state index is -0.150. The Morgan fingerprint density at radius 3 is 2.64 bits per heavy atom. The molecule has 0 saturated carbocycles. The molecule has 0 aliphatic carbocycles. The highest BCUT2D eigenvalue weighted by atomic mass is 32.2. The average Bonchev–Trinajstić information content (AvgIpc) is 3.43. The van der Waals surface area contributed by atoms with Gasteiger partial charge in [-0.3, -0.25) is 9.48 Å². The Bertz CT molecular complexity index is 1420. The van der Waals surface area contributed by atoms with Crippen LogP contribution in [0, 0.1) is 6.92 Å². The van der Waals surface area contributed by atoms with E-state index >= 15 is 0 Å². The first kappa shape index (κ1) is 20.9. The van der Waals surface area contributed by atoms with Crippen LogP contribution in [-0.2, 0) is 11.8 Å². The van der Waals surface area contributed by atoms with Gasteiger partial charge >= 0.3 is 0 Å². The maximum Gasteiger partial charge on any atom is 0.235 e. The van der Waals surface area contributed by atoms with Crippen molar-refractivity contribution in [3.8, 4) is 16.9 Å². The number of rotatable bonds is 6. The van der Waals surface area contributed by atoms with E-state index in [0.29, 0.717) is 5.82 Å². The van der Waals surface area contributed by atoms with Crippen molar-refractivity contribution in [2.75, 3.05) is 11.1 Å². The Hall–Kier alpha value is -3.98. The van der Waals surface area contributed by atoms with Crippen LogP contribution in [0.5, 0.6) is 0 Å². The number of carbonyl (C=O) groups is 1. The predicted molar refractivity (Wildman–Crippen MR) is 129 cm³/mol. The van der Waals surface area contributed by atoms with Crippen LogP contribution >= 0.6 is 11.8 Å². The monoisotopic (exact) mass is 455 g/mol. The van der Waals surface area contributed by atoms with Gasteiger partial charge in [-0.2, -0.15) is 10.2 Å². The Morgan fingerprint density at radius 1 is 1.06 bits per heavy atom. The van der Waals surface area contributed by atoms with Crippen molar-refractivity contribution in [1.29, 1.82) is 0 Å². The Morgan fingerprint density at radius 2 is 1.85 bits per heavy atom. The first-order chi connectivity index (χ1) is 16.1. The second-order valence-electron chi connectivity index (χ2n) is 7.55. The summed E-state index contributed by atoms with van der Waals surface area (Å²) in [6.07, 6.45) is 3.20. The van der Waals surface area contributed by atoms with Gasteiger partial charge in [0.25, 0.3) is 0 Å². The van der Waals surface area contributed by atoms with Gasteiger partial charge in [-0.15, -0.1) is 0 Å². The molecule has 8 nitrogen and oxygen atoms in total. The van der Waals surface area contributed by atoms with E-state index in [0.717, 1.165) is 33.0 Å². The summed E-state index contributed by atoms with van der Waals surface area (Å²) in [6, 6.07) is 19.8. The van der Waals surface area contributed by atoms with Gasteiger partial charge < -0.3 is 5.32 Å². The molecular formula is C24H21N7OS. The maximum absolute atomic E-state index is 12.9. The molecule has 164 valence electrons. The molecule has 0 atom stereocenters. The van der Waals surface area contributed by atoms with Gasteiger partial charge in [0.2, 0.25) is 5.91 Å². The third kappa shape index (κ3) is 4.35. The van der Waals surface area contributed by atoms with Crippen LogP contribution < -0.4 is 5.32 Å². The molecule has 0 bridgehead atoms. The molecular weight excluding hydrogens is 434 g/mol. The van der Waals surface area contributed by atoms with E-state index in [1.165, 1.54) is 23.7 Å². The lowest BCUT2D eigenvalue weighted by Crippen LogP contribution is -2.17. The molecule has 0 aliphatic heterocycles. The summed E-state index contributed by atoms with van der Waals surface area (Å²) >= 11 is 1.35. The molecule has 1 amide bonds. The van der Waals surface area contributed by atoms with Gasteiger partial charge in [-0.25, -0.2) is 14.6 Å². The van der Waals surface area contributed by atoms with E-state index in [1.54, 1.807) is 15.6 Å². The summed E-state index contributed by atoms with van der Waals surface area (Å²) < 4.78 is 3.44. The van der Waals surface area contributed by atoms with Gasteiger partial charge in [-0.1, -0.05) is 59.8 Å². The molecule has 0 radical (unpaired) electrons. The third-order valence-electron chi connectivity index (χ3n) is 5.16. The fraction of sp³-hybridized carbons (Fsp3) is 0.125. The Balaban J connectivity index is 1.39. The lowest BCUT2D eigenvalue weighted by molar-refractivity contribution is -0.113. The van der Waals surface area contributed by atoms with Gasteiger partial charge in [0.05, 0.1) is 28.7 Å². The lowest BCUT2D eigenvalue weighted by atomic mass is 10.1. The van der Waals surface area contributed by atoms with Gasteiger partial charge in [0.15, 0.2) is 5.65 Å². The van der Waals surface area contributed by atoms with E-state index in [9.17, 15) is 4.79 Å². The number of aryl methyl sites for hydroxylation is 2. The summed E-state index contributed by atoms with van der Waals surface area (Å²) in [5, 5.41) is 13.5. The number of hydrogen-bond acceptors (Lipinski definition) is 6. The van der Waals surface area contributed by atoms with Crippen molar-refractivity contribution < 1.29 is 4.79 Å². The summed E-state index contributed by atoms with van der Waals surface area (Å²) in [7, 11) is 1.83. The fourth-order valence-corrected chi connectivity index (χ4v) is 4.23. The van der Waals surface area contributed by atoms with Crippen molar-refractivity contribution in [2.24, 2.45) is 7.05 Å². The summed E-state index contributed by atoms with van der Waals surface area (Å²) in [4.78, 5) is 21.4. The summed E-state index contributed by atoms with van der Waals surface area (Å²) in [6.45, 7) is 2.05. The minimum Gasteiger partial charge on any atom is -0.310 e. The Labute approximate surface area is 194 Å². The number of nitrogens with zero attached hydrogens (tertiary/aromatic N) is 6. The first-order valence-corrected chi connectivity index (χ1v) is 11.3. The quantitative estimate of drug-likeness (QED) is 0.304. The van der Waals surface area contributed by atoms with Gasteiger partial charge in [-0.05, 0) is 19.1 Å². The molecule has 5 rings (SSSR count). The number of para-hydroxylation sites is 1. The van der Waals surface area contributed by atoms with Crippen LogP contribution in [0.1, 0.15) is 5.56 Å². The standard InChI is InChI=1S/C24H21N7OS/c1-16-8-10-17(11-9-16)20-12-21(31(29-20)18-6-4-3-5-7-18)28-22(32)14-33-24-19-13-27-30(2)23(19)25-15-26-24/h3-13,15H,14H2,1-2H3,(H,28,32). The van der Waals surface area contributed by atoms with Crippen molar-refractivity contribution in [2.45, 2.75) is 11.9 Å². The lowest BCUT2D eigenvalue weighted by Gasteiger charge is -2.08. The Kier molecular flexibility index (Phi) is 5.62. The van der Waals surface area contributed by atoms with E-state index in [2.05, 4.69) is 20.4 Å². The smallest absolute Gasteiger partial charge is 0.235 e.